The minimum Gasteiger partial charge on any atom is -0.323 e. The molecule has 0 bridgehead atoms. The van der Waals surface area contributed by atoms with Crippen molar-refractivity contribution in [2.45, 2.75) is 12.8 Å². The van der Waals surface area contributed by atoms with Crippen LogP contribution in [0.5, 0.6) is 0 Å². The molecule has 1 amide bonds. The quantitative estimate of drug-likeness (QED) is 0.669. The molecule has 0 fully saturated rings. The fourth-order valence-corrected chi connectivity index (χ4v) is 1.39. The highest BCUT2D eigenvalue weighted by Gasteiger charge is 2.18. The van der Waals surface area contributed by atoms with Crippen molar-refractivity contribution in [1.29, 1.82) is 0 Å². The number of rotatable bonds is 2. The number of hydrogen-bond donors (Lipinski definition) is 2. The molecule has 0 saturated heterocycles. The van der Waals surface area contributed by atoms with E-state index in [0.717, 1.165) is 18.5 Å². The topological polar surface area (TPSA) is 57.8 Å². The van der Waals surface area contributed by atoms with Crippen LogP contribution in [-0.4, -0.2) is 16.1 Å². The molecule has 1 aliphatic rings. The Balaban J connectivity index is 1.92. The van der Waals surface area contributed by atoms with Gasteiger partial charge in [0.25, 0.3) is 0 Å². The number of carbonyl (C=O) groups excluding carboxylic acids is 1. The first-order chi connectivity index (χ1) is 6.36. The first-order valence-corrected chi connectivity index (χ1v) is 4.31. The van der Waals surface area contributed by atoms with Crippen molar-refractivity contribution >= 4 is 11.6 Å². The summed E-state index contributed by atoms with van der Waals surface area (Å²) in [5.41, 5.74) is 0.733. The van der Waals surface area contributed by atoms with Gasteiger partial charge in [-0.3, -0.25) is 9.89 Å². The van der Waals surface area contributed by atoms with E-state index in [-0.39, 0.29) is 11.8 Å². The average Bonchev–Trinajstić information content (AvgIpc) is 2.74. The van der Waals surface area contributed by atoms with Crippen molar-refractivity contribution in [2.75, 3.05) is 5.32 Å². The van der Waals surface area contributed by atoms with Gasteiger partial charge >= 0.3 is 0 Å². The second-order valence-electron chi connectivity index (χ2n) is 3.12. The summed E-state index contributed by atoms with van der Waals surface area (Å²) in [7, 11) is 0. The van der Waals surface area contributed by atoms with Crippen LogP contribution in [0.3, 0.4) is 0 Å². The number of allylic oxidation sites excluding steroid dienone is 2. The molecule has 1 aliphatic carbocycles. The van der Waals surface area contributed by atoms with E-state index >= 15 is 0 Å². The van der Waals surface area contributed by atoms with Crippen LogP contribution < -0.4 is 5.32 Å². The van der Waals surface area contributed by atoms with Crippen LogP contribution in [0.4, 0.5) is 5.69 Å². The summed E-state index contributed by atoms with van der Waals surface area (Å²) in [6, 6.07) is 0. The van der Waals surface area contributed by atoms with E-state index in [1.54, 1.807) is 12.4 Å². The van der Waals surface area contributed by atoms with Crippen molar-refractivity contribution in [3.8, 4) is 0 Å². The summed E-state index contributed by atoms with van der Waals surface area (Å²) >= 11 is 0. The molecule has 2 N–H and O–H groups in total. The normalized spacial score (nSPS) is 16.3. The zero-order valence-electron chi connectivity index (χ0n) is 7.16. The monoisotopic (exact) mass is 177 g/mol. The molecule has 4 nitrogen and oxygen atoms in total. The number of nitrogens with zero attached hydrogens (tertiary/aromatic N) is 1. The minimum atomic E-state index is 0.0754. The third-order valence-corrected chi connectivity index (χ3v) is 2.14. The molecule has 1 heterocycles. The van der Waals surface area contributed by atoms with E-state index in [2.05, 4.69) is 15.5 Å². The SMILES string of the molecule is O=C(Nc1cn[nH]c1)C1CC=CC1. The molecule has 1 aromatic heterocycles. The third kappa shape index (κ3) is 1.77. The Bertz CT molecular complexity index is 308. The summed E-state index contributed by atoms with van der Waals surface area (Å²) in [6.45, 7) is 0. The van der Waals surface area contributed by atoms with Crippen LogP contribution in [0.15, 0.2) is 24.5 Å². The highest BCUT2D eigenvalue weighted by atomic mass is 16.1. The van der Waals surface area contributed by atoms with Gasteiger partial charge < -0.3 is 5.32 Å². The van der Waals surface area contributed by atoms with Gasteiger partial charge in [-0.2, -0.15) is 5.10 Å². The van der Waals surface area contributed by atoms with Gasteiger partial charge in [0.05, 0.1) is 11.9 Å². The van der Waals surface area contributed by atoms with Crippen molar-refractivity contribution < 1.29 is 4.79 Å². The smallest absolute Gasteiger partial charge is 0.228 e. The highest BCUT2D eigenvalue weighted by molar-refractivity contribution is 5.92. The number of anilines is 1. The molecule has 2 rings (SSSR count). The van der Waals surface area contributed by atoms with Gasteiger partial charge in [-0.05, 0) is 12.8 Å². The Morgan fingerprint density at radius 3 is 2.92 bits per heavy atom. The van der Waals surface area contributed by atoms with Crippen LogP contribution in [0, 0.1) is 5.92 Å². The van der Waals surface area contributed by atoms with E-state index < -0.39 is 0 Å². The van der Waals surface area contributed by atoms with Crippen LogP contribution in [0.1, 0.15) is 12.8 Å². The lowest BCUT2D eigenvalue weighted by Crippen LogP contribution is -2.20. The molecular formula is C9H11N3O. The fraction of sp³-hybridized carbons (Fsp3) is 0.333. The molecule has 0 unspecified atom stereocenters. The van der Waals surface area contributed by atoms with E-state index in [9.17, 15) is 4.79 Å². The molecule has 0 atom stereocenters. The number of aromatic nitrogens is 2. The predicted octanol–water partition coefficient (Wildman–Crippen LogP) is 1.31. The lowest BCUT2D eigenvalue weighted by molar-refractivity contribution is -0.119. The largest absolute Gasteiger partial charge is 0.323 e. The molecule has 0 aromatic carbocycles. The van der Waals surface area contributed by atoms with Crippen LogP contribution >= 0.6 is 0 Å². The molecule has 0 aliphatic heterocycles. The van der Waals surface area contributed by atoms with Gasteiger partial charge in [-0.25, -0.2) is 0 Å². The average molecular weight is 177 g/mol. The fourth-order valence-electron chi connectivity index (χ4n) is 1.39. The number of H-pyrrole nitrogens is 1. The van der Waals surface area contributed by atoms with Crippen molar-refractivity contribution in [3.63, 3.8) is 0 Å². The molecule has 0 saturated carbocycles. The molecule has 1 aromatic rings. The predicted molar refractivity (Wildman–Crippen MR) is 49.1 cm³/mol. The van der Waals surface area contributed by atoms with Gasteiger partial charge in [0.2, 0.25) is 5.91 Å². The van der Waals surface area contributed by atoms with Crippen molar-refractivity contribution in [3.05, 3.63) is 24.5 Å². The van der Waals surface area contributed by atoms with Gasteiger partial charge in [0, 0.05) is 12.1 Å². The number of carbonyl (C=O) groups is 1. The highest BCUT2D eigenvalue weighted by Crippen LogP contribution is 2.19. The Morgan fingerprint density at radius 2 is 2.31 bits per heavy atom. The summed E-state index contributed by atoms with van der Waals surface area (Å²) in [4.78, 5) is 11.5. The summed E-state index contributed by atoms with van der Waals surface area (Å²) in [5, 5.41) is 9.18. The van der Waals surface area contributed by atoms with E-state index in [1.165, 1.54) is 0 Å². The summed E-state index contributed by atoms with van der Waals surface area (Å²) in [6.07, 6.45) is 9.05. The number of nitrogens with one attached hydrogen (secondary N) is 2. The molecule has 4 heteroatoms. The first kappa shape index (κ1) is 8.04. The lowest BCUT2D eigenvalue weighted by atomic mass is 10.1. The summed E-state index contributed by atoms with van der Waals surface area (Å²) in [5.74, 6) is 0.182. The summed E-state index contributed by atoms with van der Waals surface area (Å²) < 4.78 is 0. The Kier molecular flexibility index (Phi) is 2.12. The molecule has 0 spiro atoms. The molecular weight excluding hydrogens is 166 g/mol. The zero-order valence-corrected chi connectivity index (χ0v) is 7.16. The maximum atomic E-state index is 11.5. The molecule has 68 valence electrons. The van der Waals surface area contributed by atoms with Crippen molar-refractivity contribution in [1.82, 2.24) is 10.2 Å². The minimum absolute atomic E-state index is 0.0754. The Hall–Kier alpha value is -1.58. The van der Waals surface area contributed by atoms with Gasteiger partial charge in [-0.15, -0.1) is 0 Å². The second kappa shape index (κ2) is 3.43. The second-order valence-corrected chi connectivity index (χ2v) is 3.12. The van der Waals surface area contributed by atoms with E-state index in [0.29, 0.717) is 0 Å². The Labute approximate surface area is 76.0 Å². The Morgan fingerprint density at radius 1 is 1.54 bits per heavy atom. The zero-order chi connectivity index (χ0) is 9.10. The molecule has 13 heavy (non-hydrogen) atoms. The number of hydrogen-bond acceptors (Lipinski definition) is 2. The van der Waals surface area contributed by atoms with Crippen LogP contribution in [0.2, 0.25) is 0 Å². The van der Waals surface area contributed by atoms with Crippen LogP contribution in [-0.2, 0) is 4.79 Å². The number of aromatic amines is 1. The van der Waals surface area contributed by atoms with E-state index in [1.807, 2.05) is 12.2 Å². The van der Waals surface area contributed by atoms with Gasteiger partial charge in [0.15, 0.2) is 0 Å². The van der Waals surface area contributed by atoms with Crippen molar-refractivity contribution in [2.24, 2.45) is 5.92 Å². The standard InChI is InChI=1S/C9H11N3O/c13-9(7-3-1-2-4-7)12-8-5-10-11-6-8/h1-2,5-7H,3-4H2,(H,10,11)(H,12,13). The third-order valence-electron chi connectivity index (χ3n) is 2.14. The maximum absolute atomic E-state index is 11.5. The van der Waals surface area contributed by atoms with Crippen LogP contribution in [0.25, 0.3) is 0 Å². The lowest BCUT2D eigenvalue weighted by Gasteiger charge is -2.07. The van der Waals surface area contributed by atoms with E-state index in [4.69, 9.17) is 0 Å². The van der Waals surface area contributed by atoms with Gasteiger partial charge in [-0.1, -0.05) is 12.2 Å². The van der Waals surface area contributed by atoms with Gasteiger partial charge in [0.1, 0.15) is 0 Å². The molecule has 0 radical (unpaired) electrons. The number of amides is 1. The first-order valence-electron chi connectivity index (χ1n) is 4.31. The maximum Gasteiger partial charge on any atom is 0.228 e.